The molecule has 1 atom stereocenters. The van der Waals surface area contributed by atoms with Gasteiger partial charge < -0.3 is 9.51 Å². The lowest BCUT2D eigenvalue weighted by Crippen LogP contribution is -2.02. The number of aliphatic hydroxyl groups excluding tert-OH is 1. The van der Waals surface area contributed by atoms with Crippen LogP contribution in [0.2, 0.25) is 0 Å². The molecular formula is C18H20N2O. The Labute approximate surface area is 124 Å². The number of rotatable bonds is 4. The van der Waals surface area contributed by atoms with E-state index in [1.54, 1.807) is 0 Å². The topological polar surface area (TPSA) is 37.5 Å². The molecule has 0 aliphatic rings. The van der Waals surface area contributed by atoms with Crippen LogP contribution in [0.1, 0.15) is 37.6 Å². The first-order valence-electron chi connectivity index (χ1n) is 7.49. The smallest absolute Gasteiger partial charge is 0.137 e. The van der Waals surface area contributed by atoms with E-state index < -0.39 is 6.10 Å². The van der Waals surface area contributed by atoms with Crippen molar-refractivity contribution in [1.82, 2.24) is 9.38 Å². The lowest BCUT2D eigenvalue weighted by atomic mass is 10.0. The summed E-state index contributed by atoms with van der Waals surface area (Å²) in [7, 11) is 0. The average molecular weight is 280 g/mol. The van der Waals surface area contributed by atoms with Gasteiger partial charge in [-0.3, -0.25) is 0 Å². The Bertz CT molecular complexity index is 744. The monoisotopic (exact) mass is 280 g/mol. The van der Waals surface area contributed by atoms with Gasteiger partial charge >= 0.3 is 0 Å². The standard InChI is InChI=1S/C18H20N2O/c1-3-13-8-10-14(11-9-13)17-18(15(21)4-2)20-12-6-5-7-16(20)19-17/h5-12,15,21H,3-4H2,1-2H3. The third kappa shape index (κ3) is 2.45. The molecule has 3 heteroatoms. The molecule has 0 spiro atoms. The normalized spacial score (nSPS) is 12.7. The molecule has 1 N–H and O–H groups in total. The minimum atomic E-state index is -0.511. The predicted octanol–water partition coefficient (Wildman–Crippen LogP) is 4.01. The van der Waals surface area contributed by atoms with Gasteiger partial charge in [-0.25, -0.2) is 4.98 Å². The number of benzene rings is 1. The van der Waals surface area contributed by atoms with Crippen LogP contribution < -0.4 is 0 Å². The fourth-order valence-corrected chi connectivity index (χ4v) is 2.64. The molecule has 0 aliphatic carbocycles. The highest BCUT2D eigenvalue weighted by molar-refractivity contribution is 5.67. The Hall–Kier alpha value is -2.13. The van der Waals surface area contributed by atoms with Gasteiger partial charge in [-0.2, -0.15) is 0 Å². The summed E-state index contributed by atoms with van der Waals surface area (Å²) >= 11 is 0. The van der Waals surface area contributed by atoms with Crippen LogP contribution in [0, 0.1) is 0 Å². The van der Waals surface area contributed by atoms with Crippen molar-refractivity contribution < 1.29 is 5.11 Å². The van der Waals surface area contributed by atoms with Crippen molar-refractivity contribution in [3.05, 3.63) is 59.9 Å². The number of nitrogens with zero attached hydrogens (tertiary/aromatic N) is 2. The molecule has 21 heavy (non-hydrogen) atoms. The van der Waals surface area contributed by atoms with Crippen LogP contribution in [-0.4, -0.2) is 14.5 Å². The van der Waals surface area contributed by atoms with Gasteiger partial charge in [0.05, 0.1) is 17.5 Å². The van der Waals surface area contributed by atoms with E-state index in [9.17, 15) is 5.11 Å². The van der Waals surface area contributed by atoms with E-state index >= 15 is 0 Å². The molecule has 0 radical (unpaired) electrons. The van der Waals surface area contributed by atoms with E-state index in [1.807, 2.05) is 35.7 Å². The van der Waals surface area contributed by atoms with Crippen LogP contribution in [0.4, 0.5) is 0 Å². The first-order valence-corrected chi connectivity index (χ1v) is 7.49. The largest absolute Gasteiger partial charge is 0.387 e. The summed E-state index contributed by atoms with van der Waals surface area (Å²) in [6.45, 7) is 4.13. The molecule has 0 bridgehead atoms. The van der Waals surface area contributed by atoms with Crippen LogP contribution in [-0.2, 0) is 6.42 Å². The molecule has 2 aromatic heterocycles. The number of hydrogen-bond acceptors (Lipinski definition) is 2. The molecule has 3 nitrogen and oxygen atoms in total. The number of hydrogen-bond donors (Lipinski definition) is 1. The van der Waals surface area contributed by atoms with Gasteiger partial charge in [-0.05, 0) is 30.5 Å². The fraction of sp³-hybridized carbons (Fsp3) is 0.278. The van der Waals surface area contributed by atoms with E-state index in [2.05, 4.69) is 31.2 Å². The molecule has 0 aliphatic heterocycles. The minimum Gasteiger partial charge on any atom is -0.387 e. The van der Waals surface area contributed by atoms with Crippen LogP contribution >= 0.6 is 0 Å². The number of aromatic nitrogens is 2. The van der Waals surface area contributed by atoms with Gasteiger partial charge in [0.2, 0.25) is 0 Å². The van der Waals surface area contributed by atoms with E-state index in [-0.39, 0.29) is 0 Å². The molecule has 0 amide bonds. The molecule has 0 saturated carbocycles. The van der Waals surface area contributed by atoms with Crippen molar-refractivity contribution in [2.24, 2.45) is 0 Å². The molecule has 0 fully saturated rings. The second-order valence-electron chi connectivity index (χ2n) is 5.25. The Balaban J connectivity index is 2.20. The summed E-state index contributed by atoms with van der Waals surface area (Å²) in [4.78, 5) is 4.71. The SMILES string of the molecule is CCc1ccc(-c2nc3ccccn3c2C(O)CC)cc1. The first-order chi connectivity index (χ1) is 10.2. The maximum Gasteiger partial charge on any atom is 0.137 e. The van der Waals surface area contributed by atoms with Gasteiger partial charge in [0.15, 0.2) is 0 Å². The van der Waals surface area contributed by atoms with Gasteiger partial charge in [0, 0.05) is 11.8 Å². The molecule has 3 rings (SSSR count). The predicted molar refractivity (Wildman–Crippen MR) is 85.3 cm³/mol. The van der Waals surface area contributed by atoms with Crippen LogP contribution in [0.3, 0.4) is 0 Å². The zero-order chi connectivity index (χ0) is 14.8. The Morgan fingerprint density at radius 2 is 1.86 bits per heavy atom. The summed E-state index contributed by atoms with van der Waals surface area (Å²) in [6.07, 6.45) is 3.14. The van der Waals surface area contributed by atoms with Crippen molar-refractivity contribution in [3.63, 3.8) is 0 Å². The number of aliphatic hydroxyl groups is 1. The maximum atomic E-state index is 10.4. The fourth-order valence-electron chi connectivity index (χ4n) is 2.64. The molecular weight excluding hydrogens is 260 g/mol. The van der Waals surface area contributed by atoms with E-state index in [0.717, 1.165) is 29.0 Å². The number of imidazole rings is 1. The summed E-state index contributed by atoms with van der Waals surface area (Å²) in [5.74, 6) is 0. The third-order valence-electron chi connectivity index (χ3n) is 3.90. The quantitative estimate of drug-likeness (QED) is 0.784. The second kappa shape index (κ2) is 5.70. The highest BCUT2D eigenvalue weighted by atomic mass is 16.3. The number of pyridine rings is 1. The summed E-state index contributed by atoms with van der Waals surface area (Å²) in [6, 6.07) is 14.3. The minimum absolute atomic E-state index is 0.511. The number of aryl methyl sites for hydroxylation is 1. The second-order valence-corrected chi connectivity index (χ2v) is 5.25. The van der Waals surface area contributed by atoms with E-state index in [1.165, 1.54) is 5.56 Å². The molecule has 3 aromatic rings. The van der Waals surface area contributed by atoms with E-state index in [0.29, 0.717) is 6.42 Å². The third-order valence-corrected chi connectivity index (χ3v) is 3.90. The molecule has 108 valence electrons. The number of fused-ring (bicyclic) bond motifs is 1. The molecule has 1 aromatic carbocycles. The van der Waals surface area contributed by atoms with Crippen molar-refractivity contribution in [2.75, 3.05) is 0 Å². The summed E-state index contributed by atoms with van der Waals surface area (Å²) < 4.78 is 1.98. The summed E-state index contributed by atoms with van der Waals surface area (Å²) in [5.41, 5.74) is 4.98. The Kier molecular flexibility index (Phi) is 3.76. The first kappa shape index (κ1) is 13.8. The average Bonchev–Trinajstić information content (AvgIpc) is 2.93. The Morgan fingerprint density at radius 1 is 1.10 bits per heavy atom. The zero-order valence-corrected chi connectivity index (χ0v) is 12.5. The van der Waals surface area contributed by atoms with Gasteiger partial charge in [0.25, 0.3) is 0 Å². The van der Waals surface area contributed by atoms with Crippen molar-refractivity contribution >= 4 is 5.65 Å². The van der Waals surface area contributed by atoms with Gasteiger partial charge in [-0.1, -0.05) is 44.2 Å². The highest BCUT2D eigenvalue weighted by Crippen LogP contribution is 2.30. The Morgan fingerprint density at radius 3 is 2.52 bits per heavy atom. The summed E-state index contributed by atoms with van der Waals surface area (Å²) in [5, 5.41) is 10.4. The molecule has 1 unspecified atom stereocenters. The van der Waals surface area contributed by atoms with Gasteiger partial charge in [-0.15, -0.1) is 0 Å². The van der Waals surface area contributed by atoms with Crippen LogP contribution in [0.25, 0.3) is 16.9 Å². The molecule has 0 saturated heterocycles. The van der Waals surface area contributed by atoms with Crippen molar-refractivity contribution in [3.8, 4) is 11.3 Å². The highest BCUT2D eigenvalue weighted by Gasteiger charge is 2.19. The van der Waals surface area contributed by atoms with Gasteiger partial charge in [0.1, 0.15) is 5.65 Å². The molecule has 2 heterocycles. The zero-order valence-electron chi connectivity index (χ0n) is 12.5. The maximum absolute atomic E-state index is 10.4. The van der Waals surface area contributed by atoms with Crippen LogP contribution in [0.15, 0.2) is 48.7 Å². The lowest BCUT2D eigenvalue weighted by Gasteiger charge is -2.11. The van der Waals surface area contributed by atoms with Crippen LogP contribution in [0.5, 0.6) is 0 Å². The van der Waals surface area contributed by atoms with Crippen molar-refractivity contribution in [1.29, 1.82) is 0 Å². The lowest BCUT2D eigenvalue weighted by molar-refractivity contribution is 0.168. The van der Waals surface area contributed by atoms with Crippen molar-refractivity contribution in [2.45, 2.75) is 32.8 Å². The van der Waals surface area contributed by atoms with E-state index in [4.69, 9.17) is 4.98 Å².